The predicted octanol–water partition coefficient (Wildman–Crippen LogP) is 4.26. The van der Waals surface area contributed by atoms with Crippen LogP contribution in [0.2, 0.25) is 5.02 Å². The van der Waals surface area contributed by atoms with Crippen LogP contribution in [-0.2, 0) is 11.3 Å². The van der Waals surface area contributed by atoms with Gasteiger partial charge in [-0.05, 0) is 42.7 Å². The van der Waals surface area contributed by atoms with Gasteiger partial charge < -0.3 is 15.5 Å². The molecule has 1 saturated heterocycles. The molecule has 0 bridgehead atoms. The van der Waals surface area contributed by atoms with E-state index in [4.69, 9.17) is 11.6 Å². The Balaban J connectivity index is 1.42. The highest BCUT2D eigenvalue weighted by molar-refractivity contribution is 6.33. The number of fused-ring (bicyclic) bond motifs is 1. The number of urea groups is 1. The molecule has 0 aliphatic carbocycles. The largest absolute Gasteiger partial charge is 0.372 e. The number of anilines is 3. The van der Waals surface area contributed by atoms with Gasteiger partial charge in [-0.15, -0.1) is 0 Å². The van der Waals surface area contributed by atoms with Crippen molar-refractivity contribution >= 4 is 40.7 Å². The Labute approximate surface area is 202 Å². The smallest absolute Gasteiger partial charge is 0.333 e. The molecular weight excluding hydrogens is 454 g/mol. The zero-order valence-electron chi connectivity index (χ0n) is 18.8. The number of benzene rings is 2. The fraction of sp³-hybridized carbons (Fsp3) is 0.292. The van der Waals surface area contributed by atoms with Crippen LogP contribution in [0.5, 0.6) is 0 Å². The average molecular weight is 480 g/mol. The molecule has 5 rings (SSSR count). The fourth-order valence-electron chi connectivity index (χ4n) is 4.62. The van der Waals surface area contributed by atoms with Crippen molar-refractivity contribution in [2.24, 2.45) is 0 Å². The summed E-state index contributed by atoms with van der Waals surface area (Å²) in [6.45, 7) is 3.98. The van der Waals surface area contributed by atoms with Gasteiger partial charge in [-0.3, -0.25) is 15.3 Å². The number of amides is 3. The third-order valence-corrected chi connectivity index (χ3v) is 6.47. The normalized spacial score (nSPS) is 17.5. The standard InChI is InChI=1S/C24H26ClN7O2/c1-15(33)26-23-21-20(28-29-23)14-32(30-24(34)27-19-7-3-2-6-18(19)25)22(21)16-8-10-17(11-9-16)31-12-4-5-13-31/h2-3,6-11,22H,4-5,12-14H2,1H3,(H2,27,30,34)(H2,26,28,29,33). The van der Waals surface area contributed by atoms with Crippen LogP contribution < -0.4 is 21.0 Å². The number of para-hydroxylation sites is 1. The number of carbonyl (C=O) groups is 2. The van der Waals surface area contributed by atoms with Gasteiger partial charge in [0.1, 0.15) is 0 Å². The van der Waals surface area contributed by atoms with E-state index in [2.05, 4.69) is 55.4 Å². The number of H-pyrrole nitrogens is 1. The summed E-state index contributed by atoms with van der Waals surface area (Å²) in [6, 6.07) is 14.7. The van der Waals surface area contributed by atoms with Crippen molar-refractivity contribution in [3.63, 3.8) is 0 Å². The number of nitrogens with zero attached hydrogens (tertiary/aromatic N) is 3. The van der Waals surface area contributed by atoms with Crippen LogP contribution in [0.15, 0.2) is 48.5 Å². The number of aromatic amines is 1. The molecule has 3 aromatic rings. The minimum Gasteiger partial charge on any atom is -0.372 e. The first kappa shape index (κ1) is 22.2. The summed E-state index contributed by atoms with van der Waals surface area (Å²) >= 11 is 6.19. The Morgan fingerprint density at radius 3 is 2.50 bits per heavy atom. The zero-order valence-corrected chi connectivity index (χ0v) is 19.5. The first-order chi connectivity index (χ1) is 16.5. The monoisotopic (exact) mass is 479 g/mol. The third-order valence-electron chi connectivity index (χ3n) is 6.14. The van der Waals surface area contributed by atoms with Crippen molar-refractivity contribution < 1.29 is 9.59 Å². The molecule has 1 atom stereocenters. The molecule has 34 heavy (non-hydrogen) atoms. The average Bonchev–Trinajstić information content (AvgIpc) is 3.54. The van der Waals surface area contributed by atoms with Crippen molar-refractivity contribution in [3.8, 4) is 0 Å². The molecule has 3 amide bonds. The van der Waals surface area contributed by atoms with Crippen LogP contribution in [0.25, 0.3) is 0 Å². The summed E-state index contributed by atoms with van der Waals surface area (Å²) in [4.78, 5) is 27.0. The molecule has 1 aromatic heterocycles. The molecule has 2 aromatic carbocycles. The van der Waals surface area contributed by atoms with Crippen molar-refractivity contribution in [1.29, 1.82) is 0 Å². The number of halogens is 1. The van der Waals surface area contributed by atoms with Gasteiger partial charge in [-0.25, -0.2) is 9.80 Å². The second-order valence-electron chi connectivity index (χ2n) is 8.51. The lowest BCUT2D eigenvalue weighted by Crippen LogP contribution is -2.43. The van der Waals surface area contributed by atoms with E-state index in [1.807, 2.05) is 5.01 Å². The van der Waals surface area contributed by atoms with E-state index < -0.39 is 6.03 Å². The minimum absolute atomic E-state index is 0.208. The number of nitrogens with one attached hydrogen (secondary N) is 4. The van der Waals surface area contributed by atoms with Crippen LogP contribution in [0.1, 0.15) is 42.6 Å². The van der Waals surface area contributed by atoms with Crippen LogP contribution in [-0.4, -0.2) is 40.2 Å². The quantitative estimate of drug-likeness (QED) is 0.437. The Kier molecular flexibility index (Phi) is 6.12. The van der Waals surface area contributed by atoms with E-state index in [1.165, 1.54) is 25.5 Å². The van der Waals surface area contributed by atoms with Gasteiger partial charge in [0.25, 0.3) is 0 Å². The van der Waals surface area contributed by atoms with Gasteiger partial charge in [0.15, 0.2) is 5.82 Å². The van der Waals surface area contributed by atoms with Gasteiger partial charge in [0, 0.05) is 31.3 Å². The van der Waals surface area contributed by atoms with Crippen LogP contribution >= 0.6 is 11.6 Å². The number of hydrogen-bond acceptors (Lipinski definition) is 5. The van der Waals surface area contributed by atoms with Crippen molar-refractivity contribution in [1.82, 2.24) is 20.6 Å². The lowest BCUT2D eigenvalue weighted by atomic mass is 10.0. The van der Waals surface area contributed by atoms with Crippen molar-refractivity contribution in [2.75, 3.05) is 28.6 Å². The second-order valence-corrected chi connectivity index (χ2v) is 8.91. The fourth-order valence-corrected chi connectivity index (χ4v) is 4.80. The third kappa shape index (κ3) is 4.44. The SMILES string of the molecule is CC(=O)Nc1n[nH]c2c1C(c1ccc(N3CCCC3)cc1)N(NC(=O)Nc1ccccc1Cl)C2. The molecule has 4 N–H and O–H groups in total. The first-order valence-electron chi connectivity index (χ1n) is 11.3. The highest BCUT2D eigenvalue weighted by Crippen LogP contribution is 2.41. The lowest BCUT2D eigenvalue weighted by Gasteiger charge is -2.27. The maximum absolute atomic E-state index is 12.8. The van der Waals surface area contributed by atoms with Gasteiger partial charge in [0.2, 0.25) is 5.91 Å². The van der Waals surface area contributed by atoms with Gasteiger partial charge in [-0.1, -0.05) is 35.9 Å². The minimum atomic E-state index is -0.411. The Morgan fingerprint density at radius 2 is 1.79 bits per heavy atom. The molecule has 2 aliphatic heterocycles. The molecule has 9 nitrogen and oxygen atoms in total. The Hall–Kier alpha value is -3.56. The molecule has 0 saturated carbocycles. The highest BCUT2D eigenvalue weighted by Gasteiger charge is 2.37. The van der Waals surface area contributed by atoms with Crippen LogP contribution in [0.3, 0.4) is 0 Å². The van der Waals surface area contributed by atoms with E-state index in [1.54, 1.807) is 24.3 Å². The summed E-state index contributed by atoms with van der Waals surface area (Å²) in [7, 11) is 0. The highest BCUT2D eigenvalue weighted by atomic mass is 35.5. The van der Waals surface area contributed by atoms with Gasteiger partial charge >= 0.3 is 6.03 Å². The molecule has 0 spiro atoms. The number of aromatic nitrogens is 2. The Bertz CT molecular complexity index is 1200. The van der Waals surface area contributed by atoms with E-state index in [-0.39, 0.29) is 11.9 Å². The Morgan fingerprint density at radius 1 is 1.06 bits per heavy atom. The van der Waals surface area contributed by atoms with Gasteiger partial charge in [0.05, 0.1) is 29.0 Å². The number of hydrazine groups is 1. The maximum Gasteiger partial charge on any atom is 0.333 e. The number of rotatable bonds is 5. The molecular formula is C24H26ClN7O2. The van der Waals surface area contributed by atoms with Crippen molar-refractivity contribution in [2.45, 2.75) is 32.4 Å². The molecule has 1 fully saturated rings. The lowest BCUT2D eigenvalue weighted by molar-refractivity contribution is -0.114. The summed E-state index contributed by atoms with van der Waals surface area (Å²) in [5.41, 5.74) is 7.29. The molecule has 176 valence electrons. The van der Waals surface area contributed by atoms with Crippen LogP contribution in [0, 0.1) is 0 Å². The summed E-state index contributed by atoms with van der Waals surface area (Å²) < 4.78 is 0. The number of carbonyl (C=O) groups excluding carboxylic acids is 2. The zero-order chi connectivity index (χ0) is 23.7. The summed E-state index contributed by atoms with van der Waals surface area (Å²) in [6.07, 6.45) is 2.42. The van der Waals surface area contributed by atoms with E-state index in [0.717, 1.165) is 29.9 Å². The molecule has 10 heteroatoms. The topological polar surface area (TPSA) is 105 Å². The summed E-state index contributed by atoms with van der Waals surface area (Å²) in [5, 5.41) is 15.2. The molecule has 0 radical (unpaired) electrons. The molecule has 3 heterocycles. The van der Waals surface area contributed by atoms with E-state index in [0.29, 0.717) is 23.1 Å². The molecule has 1 unspecified atom stereocenters. The summed E-state index contributed by atoms with van der Waals surface area (Å²) in [5.74, 6) is 0.257. The number of hydrogen-bond donors (Lipinski definition) is 4. The second kappa shape index (κ2) is 9.36. The maximum atomic E-state index is 12.8. The van der Waals surface area contributed by atoms with Gasteiger partial charge in [-0.2, -0.15) is 5.10 Å². The van der Waals surface area contributed by atoms with E-state index >= 15 is 0 Å². The van der Waals surface area contributed by atoms with Crippen molar-refractivity contribution in [3.05, 3.63) is 70.4 Å². The first-order valence-corrected chi connectivity index (χ1v) is 11.7. The van der Waals surface area contributed by atoms with E-state index in [9.17, 15) is 9.59 Å². The van der Waals surface area contributed by atoms with Crippen LogP contribution in [0.4, 0.5) is 22.0 Å². The predicted molar refractivity (Wildman–Crippen MR) is 132 cm³/mol. The molecule has 2 aliphatic rings.